The van der Waals surface area contributed by atoms with Crippen molar-refractivity contribution >= 4 is 27.6 Å². The highest BCUT2D eigenvalue weighted by atomic mass is 79.9. The first kappa shape index (κ1) is 18.1. The zero-order chi connectivity index (χ0) is 16.5. The summed E-state index contributed by atoms with van der Waals surface area (Å²) >= 11 is 3.64. The molecule has 0 bridgehead atoms. The number of benzene rings is 1. The Balaban J connectivity index is 1.88. The highest BCUT2D eigenvalue weighted by Crippen LogP contribution is 2.28. The molecule has 1 aromatic rings. The van der Waals surface area contributed by atoms with Gasteiger partial charge in [-0.05, 0) is 48.3 Å². The molecular weight excluding hydrogens is 356 g/mol. The minimum Gasteiger partial charge on any atom is -0.380 e. The number of para-hydroxylation sites is 1. The van der Waals surface area contributed by atoms with Crippen LogP contribution in [0.15, 0.2) is 33.7 Å². The fourth-order valence-electron chi connectivity index (χ4n) is 2.68. The van der Waals surface area contributed by atoms with Crippen LogP contribution in [0.5, 0.6) is 0 Å². The fourth-order valence-corrected chi connectivity index (χ4v) is 3.22. The summed E-state index contributed by atoms with van der Waals surface area (Å²) in [5, 5.41) is 6.85. The quantitative estimate of drug-likeness (QED) is 0.432. The smallest absolute Gasteiger partial charge is 0.191 e. The maximum absolute atomic E-state index is 5.34. The number of aliphatic imine (C=N–C) groups is 1. The third-order valence-electron chi connectivity index (χ3n) is 3.78. The molecule has 2 N–H and O–H groups in total. The molecule has 0 amide bonds. The van der Waals surface area contributed by atoms with Gasteiger partial charge in [-0.3, -0.25) is 4.99 Å². The minimum absolute atomic E-state index is 0.409. The van der Waals surface area contributed by atoms with Gasteiger partial charge in [-0.15, -0.1) is 0 Å². The van der Waals surface area contributed by atoms with Crippen molar-refractivity contribution in [3.8, 4) is 0 Å². The molecule has 6 heteroatoms. The number of ether oxygens (including phenoxy) is 1. The molecule has 1 aliphatic heterocycles. The summed E-state index contributed by atoms with van der Waals surface area (Å²) in [5.74, 6) is 0.881. The molecule has 1 aliphatic rings. The van der Waals surface area contributed by atoms with Crippen LogP contribution in [0.3, 0.4) is 0 Å². The molecule has 1 heterocycles. The third kappa shape index (κ3) is 5.70. The number of nitrogens with zero attached hydrogens (tertiary/aromatic N) is 2. The Labute approximate surface area is 147 Å². The van der Waals surface area contributed by atoms with E-state index in [0.717, 1.165) is 43.1 Å². The first-order valence-corrected chi connectivity index (χ1v) is 9.16. The van der Waals surface area contributed by atoms with Gasteiger partial charge in [-0.25, -0.2) is 0 Å². The van der Waals surface area contributed by atoms with Crippen molar-refractivity contribution in [1.82, 2.24) is 10.6 Å². The molecule has 1 aromatic carbocycles. The number of hydrogen-bond acceptors (Lipinski definition) is 3. The van der Waals surface area contributed by atoms with E-state index in [1.165, 1.54) is 5.69 Å². The standard InChI is InChI=1S/C17H27BrN4O/c1-3-19-17(20-10-12-23-4-2)21-14-9-11-22(13-14)16-8-6-5-7-15(16)18/h5-8,14H,3-4,9-13H2,1-2H3,(H2,19,20,21). The van der Waals surface area contributed by atoms with E-state index in [4.69, 9.17) is 4.74 Å². The maximum Gasteiger partial charge on any atom is 0.191 e. The number of guanidine groups is 1. The molecule has 1 atom stereocenters. The van der Waals surface area contributed by atoms with Gasteiger partial charge < -0.3 is 20.3 Å². The number of nitrogens with one attached hydrogen (secondary N) is 2. The monoisotopic (exact) mass is 382 g/mol. The molecule has 128 valence electrons. The Kier molecular flexibility index (Phi) is 7.68. The molecule has 1 saturated heterocycles. The van der Waals surface area contributed by atoms with Gasteiger partial charge in [0.05, 0.1) is 18.8 Å². The summed E-state index contributed by atoms with van der Waals surface area (Å²) in [4.78, 5) is 6.98. The van der Waals surface area contributed by atoms with Crippen LogP contribution in [0.2, 0.25) is 0 Å². The van der Waals surface area contributed by atoms with Crippen molar-refractivity contribution in [2.24, 2.45) is 4.99 Å². The van der Waals surface area contributed by atoms with Crippen LogP contribution < -0.4 is 15.5 Å². The van der Waals surface area contributed by atoms with Crippen molar-refractivity contribution in [2.75, 3.05) is 44.3 Å². The van der Waals surface area contributed by atoms with Crippen LogP contribution in [0, 0.1) is 0 Å². The van der Waals surface area contributed by atoms with Gasteiger partial charge in [0.2, 0.25) is 0 Å². The van der Waals surface area contributed by atoms with Crippen LogP contribution in [0.1, 0.15) is 20.3 Å². The van der Waals surface area contributed by atoms with Crippen molar-refractivity contribution in [2.45, 2.75) is 26.3 Å². The van der Waals surface area contributed by atoms with Gasteiger partial charge in [-0.2, -0.15) is 0 Å². The van der Waals surface area contributed by atoms with Crippen LogP contribution in [0.25, 0.3) is 0 Å². The zero-order valence-corrected chi connectivity index (χ0v) is 15.6. The third-order valence-corrected chi connectivity index (χ3v) is 4.45. The van der Waals surface area contributed by atoms with E-state index in [0.29, 0.717) is 19.2 Å². The number of halogens is 1. The average Bonchev–Trinajstić information content (AvgIpc) is 3.00. The Morgan fingerprint density at radius 3 is 2.96 bits per heavy atom. The lowest BCUT2D eigenvalue weighted by Gasteiger charge is -2.21. The first-order valence-electron chi connectivity index (χ1n) is 8.36. The molecule has 23 heavy (non-hydrogen) atoms. The summed E-state index contributed by atoms with van der Waals surface area (Å²) in [6.07, 6.45) is 1.11. The number of hydrogen-bond donors (Lipinski definition) is 2. The second-order valence-corrected chi connectivity index (χ2v) is 6.34. The largest absolute Gasteiger partial charge is 0.380 e. The molecule has 1 fully saturated rings. The van der Waals surface area contributed by atoms with Crippen LogP contribution >= 0.6 is 15.9 Å². The molecular formula is C17H27BrN4O. The second kappa shape index (κ2) is 9.78. The number of anilines is 1. The number of rotatable bonds is 7. The summed E-state index contributed by atoms with van der Waals surface area (Å²) in [6, 6.07) is 8.80. The van der Waals surface area contributed by atoms with Gasteiger partial charge in [0.15, 0.2) is 5.96 Å². The highest BCUT2D eigenvalue weighted by Gasteiger charge is 2.24. The van der Waals surface area contributed by atoms with E-state index in [1.54, 1.807) is 0 Å². The lowest BCUT2D eigenvalue weighted by atomic mass is 10.3. The second-order valence-electron chi connectivity index (χ2n) is 5.48. The molecule has 0 spiro atoms. The molecule has 0 radical (unpaired) electrons. The maximum atomic E-state index is 5.34. The predicted molar refractivity (Wildman–Crippen MR) is 100 cm³/mol. The predicted octanol–water partition coefficient (Wildman–Crippen LogP) is 2.62. The van der Waals surface area contributed by atoms with E-state index < -0.39 is 0 Å². The van der Waals surface area contributed by atoms with Gasteiger partial charge in [0.1, 0.15) is 0 Å². The van der Waals surface area contributed by atoms with Crippen molar-refractivity contribution in [3.05, 3.63) is 28.7 Å². The highest BCUT2D eigenvalue weighted by molar-refractivity contribution is 9.10. The van der Waals surface area contributed by atoms with Gasteiger partial charge >= 0.3 is 0 Å². The van der Waals surface area contributed by atoms with E-state index in [-0.39, 0.29) is 0 Å². The molecule has 0 saturated carbocycles. The lowest BCUT2D eigenvalue weighted by Crippen LogP contribution is -2.44. The van der Waals surface area contributed by atoms with E-state index in [2.05, 4.69) is 61.6 Å². The summed E-state index contributed by atoms with van der Waals surface area (Å²) in [6.45, 7) is 9.08. The van der Waals surface area contributed by atoms with E-state index in [1.807, 2.05) is 13.0 Å². The van der Waals surface area contributed by atoms with Gasteiger partial charge in [0, 0.05) is 36.8 Å². The first-order chi connectivity index (χ1) is 11.2. The van der Waals surface area contributed by atoms with E-state index >= 15 is 0 Å². The Bertz CT molecular complexity index is 509. The van der Waals surface area contributed by atoms with Crippen LogP contribution in [-0.4, -0.2) is 51.4 Å². The topological polar surface area (TPSA) is 48.9 Å². The average molecular weight is 383 g/mol. The normalized spacial score (nSPS) is 18.3. The van der Waals surface area contributed by atoms with Crippen LogP contribution in [0.4, 0.5) is 5.69 Å². The minimum atomic E-state index is 0.409. The molecule has 0 aliphatic carbocycles. The SMILES string of the molecule is CCNC(=NCCOCC)NC1CCN(c2ccccc2Br)C1. The molecule has 5 nitrogen and oxygen atoms in total. The van der Waals surface area contributed by atoms with Crippen LogP contribution in [-0.2, 0) is 4.74 Å². The Morgan fingerprint density at radius 2 is 2.22 bits per heavy atom. The van der Waals surface area contributed by atoms with Crippen molar-refractivity contribution < 1.29 is 4.74 Å². The molecule has 1 unspecified atom stereocenters. The van der Waals surface area contributed by atoms with Gasteiger partial charge in [-0.1, -0.05) is 12.1 Å². The zero-order valence-electron chi connectivity index (χ0n) is 14.0. The summed E-state index contributed by atoms with van der Waals surface area (Å²) in [5.41, 5.74) is 1.26. The van der Waals surface area contributed by atoms with Crippen molar-refractivity contribution in [1.29, 1.82) is 0 Å². The summed E-state index contributed by atoms with van der Waals surface area (Å²) in [7, 11) is 0. The van der Waals surface area contributed by atoms with E-state index in [9.17, 15) is 0 Å². The van der Waals surface area contributed by atoms with Crippen molar-refractivity contribution in [3.63, 3.8) is 0 Å². The lowest BCUT2D eigenvalue weighted by molar-refractivity contribution is 0.155. The summed E-state index contributed by atoms with van der Waals surface area (Å²) < 4.78 is 6.49. The molecule has 0 aromatic heterocycles. The Hall–Kier alpha value is -1.27. The molecule has 2 rings (SSSR count). The fraction of sp³-hybridized carbons (Fsp3) is 0.588. The van der Waals surface area contributed by atoms with Gasteiger partial charge in [0.25, 0.3) is 0 Å². The Morgan fingerprint density at radius 1 is 1.39 bits per heavy atom.